The predicted octanol–water partition coefficient (Wildman–Crippen LogP) is 4.14. The van der Waals surface area contributed by atoms with E-state index in [1.807, 2.05) is 6.07 Å². The number of carbonyl (C=O) groups is 1. The van der Waals surface area contributed by atoms with Crippen molar-refractivity contribution in [1.82, 2.24) is 5.48 Å². The highest BCUT2D eigenvalue weighted by Gasteiger charge is 2.14. The molecule has 8 heteroatoms. The Labute approximate surface area is 157 Å². The highest BCUT2D eigenvalue weighted by atomic mass is 127. The van der Waals surface area contributed by atoms with Gasteiger partial charge in [0.05, 0.1) is 35.2 Å². The largest absolute Gasteiger partial charge is 0.382 e. The van der Waals surface area contributed by atoms with E-state index in [4.69, 9.17) is 21.2 Å². The van der Waals surface area contributed by atoms with E-state index < -0.39 is 11.7 Å². The van der Waals surface area contributed by atoms with Gasteiger partial charge in [0.2, 0.25) is 0 Å². The number of hydrogen-bond acceptors (Lipinski definition) is 4. The summed E-state index contributed by atoms with van der Waals surface area (Å²) in [5.41, 5.74) is 3.36. The minimum absolute atomic E-state index is 0.204. The van der Waals surface area contributed by atoms with Crippen molar-refractivity contribution in [2.24, 2.45) is 0 Å². The maximum Gasteiger partial charge on any atom is 0.276 e. The summed E-state index contributed by atoms with van der Waals surface area (Å²) in [6.07, 6.45) is 0. The second-order valence-corrected chi connectivity index (χ2v) is 6.36. The van der Waals surface area contributed by atoms with E-state index in [-0.39, 0.29) is 17.9 Å². The standard InChI is InChI=1S/C16H15ClFIN2O3/c1-23-6-7-24-21-16(22)12-4-2-10(18)8-15(12)20-14-5-3-11(19)9-13(14)17/h2-5,8-9,20H,6-7H2,1H3,(H,21,22). The number of ether oxygens (including phenoxy) is 1. The summed E-state index contributed by atoms with van der Waals surface area (Å²) in [6, 6.07) is 9.15. The molecule has 0 atom stereocenters. The van der Waals surface area contributed by atoms with Crippen molar-refractivity contribution in [3.63, 3.8) is 0 Å². The van der Waals surface area contributed by atoms with Crippen LogP contribution in [0.25, 0.3) is 0 Å². The molecule has 2 aromatic carbocycles. The number of amides is 1. The van der Waals surface area contributed by atoms with Crippen molar-refractivity contribution in [2.45, 2.75) is 0 Å². The van der Waals surface area contributed by atoms with Gasteiger partial charge in [-0.2, -0.15) is 0 Å². The van der Waals surface area contributed by atoms with Crippen molar-refractivity contribution >= 4 is 51.5 Å². The normalized spacial score (nSPS) is 10.5. The van der Waals surface area contributed by atoms with Crippen molar-refractivity contribution in [3.05, 3.63) is 56.4 Å². The zero-order valence-corrected chi connectivity index (χ0v) is 15.7. The number of nitrogens with one attached hydrogen (secondary N) is 2. The van der Waals surface area contributed by atoms with Gasteiger partial charge in [-0.3, -0.25) is 9.63 Å². The van der Waals surface area contributed by atoms with Crippen LogP contribution in [-0.2, 0) is 9.57 Å². The minimum atomic E-state index is -0.504. The average molecular weight is 465 g/mol. The summed E-state index contributed by atoms with van der Waals surface area (Å²) < 4.78 is 19.4. The molecule has 0 unspecified atom stereocenters. The summed E-state index contributed by atoms with van der Waals surface area (Å²) in [7, 11) is 1.53. The van der Waals surface area contributed by atoms with Crippen LogP contribution in [-0.4, -0.2) is 26.2 Å². The Balaban J connectivity index is 2.19. The zero-order valence-electron chi connectivity index (χ0n) is 12.7. The van der Waals surface area contributed by atoms with Crippen LogP contribution in [0.5, 0.6) is 0 Å². The van der Waals surface area contributed by atoms with E-state index in [0.29, 0.717) is 17.3 Å². The van der Waals surface area contributed by atoms with Gasteiger partial charge in [0, 0.05) is 10.7 Å². The van der Waals surface area contributed by atoms with Crippen LogP contribution in [0.15, 0.2) is 36.4 Å². The molecule has 2 aromatic rings. The molecule has 0 aromatic heterocycles. The molecule has 2 rings (SSSR count). The SMILES string of the molecule is COCCONC(=O)c1ccc(F)cc1Nc1ccc(I)cc1Cl. The van der Waals surface area contributed by atoms with Crippen LogP contribution in [0.1, 0.15) is 10.4 Å². The molecular weight excluding hydrogens is 450 g/mol. The first-order valence-electron chi connectivity index (χ1n) is 6.94. The van der Waals surface area contributed by atoms with Crippen LogP contribution < -0.4 is 10.8 Å². The molecule has 0 fully saturated rings. The molecular formula is C16H15ClFIN2O3. The number of carbonyl (C=O) groups excluding carboxylic acids is 1. The molecule has 128 valence electrons. The van der Waals surface area contributed by atoms with Gasteiger partial charge in [-0.1, -0.05) is 11.6 Å². The van der Waals surface area contributed by atoms with E-state index in [0.717, 1.165) is 3.57 Å². The number of halogens is 3. The van der Waals surface area contributed by atoms with E-state index in [9.17, 15) is 9.18 Å². The van der Waals surface area contributed by atoms with Crippen molar-refractivity contribution in [3.8, 4) is 0 Å². The Morgan fingerprint density at radius 1 is 1.21 bits per heavy atom. The fraction of sp³-hybridized carbons (Fsp3) is 0.188. The molecule has 0 saturated heterocycles. The van der Waals surface area contributed by atoms with Crippen LogP contribution in [0.4, 0.5) is 15.8 Å². The van der Waals surface area contributed by atoms with Crippen molar-refractivity contribution in [1.29, 1.82) is 0 Å². The topological polar surface area (TPSA) is 59.6 Å². The Hall–Kier alpha value is -1.42. The maximum atomic E-state index is 13.6. The Morgan fingerprint density at radius 3 is 2.71 bits per heavy atom. The summed E-state index contributed by atoms with van der Waals surface area (Å²) in [5, 5.41) is 3.44. The summed E-state index contributed by atoms with van der Waals surface area (Å²) in [5.74, 6) is -0.980. The number of rotatable bonds is 7. The quantitative estimate of drug-likeness (QED) is 0.367. The van der Waals surface area contributed by atoms with E-state index in [2.05, 4.69) is 33.4 Å². The number of hydrogen-bond donors (Lipinski definition) is 2. The van der Waals surface area contributed by atoms with Gasteiger partial charge in [-0.25, -0.2) is 9.87 Å². The average Bonchev–Trinajstić information content (AvgIpc) is 2.54. The summed E-state index contributed by atoms with van der Waals surface area (Å²) >= 11 is 8.30. The lowest BCUT2D eigenvalue weighted by atomic mass is 10.1. The van der Waals surface area contributed by atoms with Gasteiger partial charge in [-0.05, 0) is 59.0 Å². The van der Waals surface area contributed by atoms with Gasteiger partial charge in [0.25, 0.3) is 5.91 Å². The lowest BCUT2D eigenvalue weighted by Gasteiger charge is -2.13. The number of methoxy groups -OCH3 is 1. The predicted molar refractivity (Wildman–Crippen MR) is 99.1 cm³/mol. The molecule has 0 aliphatic carbocycles. The highest BCUT2D eigenvalue weighted by molar-refractivity contribution is 14.1. The number of hydroxylamine groups is 1. The lowest BCUT2D eigenvalue weighted by molar-refractivity contribution is 0.00894. The van der Waals surface area contributed by atoms with Gasteiger partial charge < -0.3 is 10.1 Å². The third-order valence-corrected chi connectivity index (χ3v) is 3.96. The third kappa shape index (κ3) is 5.30. The number of benzene rings is 2. The van der Waals surface area contributed by atoms with Gasteiger partial charge in [0.15, 0.2) is 0 Å². The summed E-state index contributed by atoms with van der Waals surface area (Å²) in [4.78, 5) is 17.2. The van der Waals surface area contributed by atoms with Gasteiger partial charge in [-0.15, -0.1) is 0 Å². The fourth-order valence-corrected chi connectivity index (χ4v) is 2.75. The highest BCUT2D eigenvalue weighted by Crippen LogP contribution is 2.29. The van der Waals surface area contributed by atoms with Crippen molar-refractivity contribution in [2.75, 3.05) is 25.6 Å². The van der Waals surface area contributed by atoms with E-state index in [1.165, 1.54) is 25.3 Å². The maximum absolute atomic E-state index is 13.6. The van der Waals surface area contributed by atoms with E-state index >= 15 is 0 Å². The zero-order chi connectivity index (χ0) is 17.5. The Morgan fingerprint density at radius 2 is 2.00 bits per heavy atom. The molecule has 1 amide bonds. The second kappa shape index (κ2) is 9.16. The second-order valence-electron chi connectivity index (χ2n) is 4.71. The monoisotopic (exact) mass is 464 g/mol. The van der Waals surface area contributed by atoms with Crippen LogP contribution in [0.3, 0.4) is 0 Å². The fourth-order valence-electron chi connectivity index (χ4n) is 1.85. The van der Waals surface area contributed by atoms with Crippen LogP contribution in [0.2, 0.25) is 5.02 Å². The first-order chi connectivity index (χ1) is 11.5. The molecule has 5 nitrogen and oxygen atoms in total. The number of anilines is 2. The molecule has 0 radical (unpaired) electrons. The molecule has 24 heavy (non-hydrogen) atoms. The molecule has 0 spiro atoms. The van der Waals surface area contributed by atoms with Crippen molar-refractivity contribution < 1.29 is 18.8 Å². The minimum Gasteiger partial charge on any atom is -0.382 e. The molecule has 0 bridgehead atoms. The molecule has 0 heterocycles. The first kappa shape index (κ1) is 18.9. The first-order valence-corrected chi connectivity index (χ1v) is 8.39. The smallest absolute Gasteiger partial charge is 0.276 e. The Kier molecular flexibility index (Phi) is 7.22. The third-order valence-electron chi connectivity index (χ3n) is 2.98. The van der Waals surface area contributed by atoms with Crippen LogP contribution in [0, 0.1) is 9.39 Å². The van der Waals surface area contributed by atoms with E-state index in [1.54, 1.807) is 12.1 Å². The molecule has 0 saturated carbocycles. The van der Waals surface area contributed by atoms with Gasteiger partial charge >= 0.3 is 0 Å². The Bertz CT molecular complexity index is 730. The molecule has 0 aliphatic rings. The van der Waals surface area contributed by atoms with Gasteiger partial charge in [0.1, 0.15) is 5.82 Å². The molecule has 2 N–H and O–H groups in total. The van der Waals surface area contributed by atoms with Crippen LogP contribution >= 0.6 is 34.2 Å². The lowest BCUT2D eigenvalue weighted by Crippen LogP contribution is -2.26. The molecule has 0 aliphatic heterocycles. The summed E-state index contributed by atoms with van der Waals surface area (Å²) in [6.45, 7) is 0.544.